The van der Waals surface area contributed by atoms with E-state index in [-0.39, 0.29) is 24.3 Å². The van der Waals surface area contributed by atoms with Crippen LogP contribution in [0.5, 0.6) is 0 Å². The molecule has 2 rings (SSSR count). The number of carbonyl (C=O) groups is 1. The van der Waals surface area contributed by atoms with E-state index < -0.39 is 6.10 Å². The highest BCUT2D eigenvalue weighted by molar-refractivity contribution is 5.72. The van der Waals surface area contributed by atoms with Gasteiger partial charge in [-0.2, -0.15) is 0 Å². The normalized spacial score (nSPS) is 32.2. The average molecular weight is 267 g/mol. The molecule has 0 aromatic heterocycles. The fraction of sp³-hybridized carbons (Fsp3) is 0.643. The predicted molar refractivity (Wildman–Crippen MR) is 70.6 cm³/mol. The van der Waals surface area contributed by atoms with Gasteiger partial charge in [-0.05, 0) is 38.3 Å². The Morgan fingerprint density at radius 2 is 2.37 bits per heavy atom. The number of ether oxygens (including phenoxy) is 1. The summed E-state index contributed by atoms with van der Waals surface area (Å²) in [7, 11) is 0. The number of rotatable bonds is 4. The van der Waals surface area contributed by atoms with Crippen molar-refractivity contribution in [3.63, 3.8) is 0 Å². The lowest BCUT2D eigenvalue weighted by molar-refractivity contribution is 0.126. The van der Waals surface area contributed by atoms with Crippen LogP contribution in [0.4, 0.5) is 4.79 Å². The first-order chi connectivity index (χ1) is 8.99. The SMILES string of the molecule is CC1=C[C@@H](O)CN2C(=O)O[C@H](/C=C/CCC(C)O)[C@H]12. The van der Waals surface area contributed by atoms with Gasteiger partial charge in [0.05, 0.1) is 24.8 Å². The van der Waals surface area contributed by atoms with Crippen molar-refractivity contribution in [1.29, 1.82) is 0 Å². The molecule has 0 spiro atoms. The van der Waals surface area contributed by atoms with E-state index in [2.05, 4.69) is 0 Å². The summed E-state index contributed by atoms with van der Waals surface area (Å²) >= 11 is 0. The Morgan fingerprint density at radius 3 is 3.05 bits per heavy atom. The molecule has 0 saturated carbocycles. The number of hydrogen-bond donors (Lipinski definition) is 2. The van der Waals surface area contributed by atoms with Gasteiger partial charge in [-0.3, -0.25) is 4.90 Å². The molecule has 2 heterocycles. The number of carbonyl (C=O) groups excluding carboxylic acids is 1. The lowest BCUT2D eigenvalue weighted by Crippen LogP contribution is -2.45. The first-order valence-electron chi connectivity index (χ1n) is 6.67. The first-order valence-corrected chi connectivity index (χ1v) is 6.67. The van der Waals surface area contributed by atoms with Crippen LogP contribution in [0.2, 0.25) is 0 Å². The van der Waals surface area contributed by atoms with E-state index in [1.165, 1.54) is 0 Å². The van der Waals surface area contributed by atoms with Gasteiger partial charge in [0.1, 0.15) is 6.10 Å². The maximum Gasteiger partial charge on any atom is 0.411 e. The predicted octanol–water partition coefficient (Wildman–Crippen LogP) is 1.21. The van der Waals surface area contributed by atoms with E-state index in [0.29, 0.717) is 13.0 Å². The van der Waals surface area contributed by atoms with Crippen LogP contribution in [0.15, 0.2) is 23.8 Å². The van der Waals surface area contributed by atoms with Crippen LogP contribution < -0.4 is 0 Å². The Hall–Kier alpha value is -1.33. The second kappa shape index (κ2) is 5.75. The molecule has 0 aliphatic carbocycles. The Kier molecular flexibility index (Phi) is 4.27. The van der Waals surface area contributed by atoms with Crippen molar-refractivity contribution < 1.29 is 19.7 Å². The first kappa shape index (κ1) is 14.1. The third-order valence-corrected chi connectivity index (χ3v) is 3.50. The zero-order valence-electron chi connectivity index (χ0n) is 11.3. The summed E-state index contributed by atoms with van der Waals surface area (Å²) < 4.78 is 5.32. The maximum absolute atomic E-state index is 11.7. The third-order valence-electron chi connectivity index (χ3n) is 3.50. The summed E-state index contributed by atoms with van der Waals surface area (Å²) in [5.41, 5.74) is 0.953. The van der Waals surface area contributed by atoms with Gasteiger partial charge in [0, 0.05) is 0 Å². The van der Waals surface area contributed by atoms with Crippen molar-refractivity contribution in [2.24, 2.45) is 0 Å². The van der Waals surface area contributed by atoms with Crippen LogP contribution in [0.25, 0.3) is 0 Å². The average Bonchev–Trinajstić information content (AvgIpc) is 2.62. The summed E-state index contributed by atoms with van der Waals surface area (Å²) in [4.78, 5) is 13.3. The number of cyclic esters (lactones) is 1. The molecule has 1 fully saturated rings. The molecule has 4 atom stereocenters. The molecule has 0 aromatic rings. The van der Waals surface area contributed by atoms with E-state index in [4.69, 9.17) is 4.74 Å². The molecular formula is C14H21NO4. The standard InChI is InChI=1S/C14H21NO4/c1-9-7-11(17)8-15-13(9)12(19-14(15)18)6-4-3-5-10(2)16/h4,6-7,10-13,16-17H,3,5,8H2,1-2H3/b6-4+/t10?,11-,12-,13+/m1/s1. The molecule has 106 valence electrons. The van der Waals surface area contributed by atoms with Gasteiger partial charge >= 0.3 is 6.09 Å². The largest absolute Gasteiger partial charge is 0.439 e. The molecule has 1 saturated heterocycles. The Morgan fingerprint density at radius 1 is 1.63 bits per heavy atom. The second-order valence-corrected chi connectivity index (χ2v) is 5.28. The molecule has 1 unspecified atom stereocenters. The molecule has 19 heavy (non-hydrogen) atoms. The molecule has 2 aliphatic rings. The molecule has 2 N–H and O–H groups in total. The number of aliphatic hydroxyl groups excluding tert-OH is 2. The van der Waals surface area contributed by atoms with Crippen molar-refractivity contribution in [1.82, 2.24) is 4.90 Å². The Balaban J connectivity index is 2.02. The monoisotopic (exact) mass is 267 g/mol. The van der Waals surface area contributed by atoms with Gasteiger partial charge in [-0.25, -0.2) is 4.79 Å². The van der Waals surface area contributed by atoms with Crippen molar-refractivity contribution in [3.05, 3.63) is 23.8 Å². The smallest absolute Gasteiger partial charge is 0.411 e. The van der Waals surface area contributed by atoms with Crippen molar-refractivity contribution >= 4 is 6.09 Å². The molecule has 0 aromatic carbocycles. The molecule has 1 amide bonds. The number of hydrogen-bond acceptors (Lipinski definition) is 4. The highest BCUT2D eigenvalue weighted by Crippen LogP contribution is 2.30. The number of fused-ring (bicyclic) bond motifs is 1. The number of nitrogens with zero attached hydrogens (tertiary/aromatic N) is 1. The van der Waals surface area contributed by atoms with Gasteiger partial charge < -0.3 is 14.9 Å². The summed E-state index contributed by atoms with van der Waals surface area (Å²) in [5, 5.41) is 18.8. The van der Waals surface area contributed by atoms with Gasteiger partial charge in [0.25, 0.3) is 0 Å². The second-order valence-electron chi connectivity index (χ2n) is 5.28. The molecule has 0 radical (unpaired) electrons. The van der Waals surface area contributed by atoms with Crippen LogP contribution in [-0.4, -0.2) is 52.1 Å². The van der Waals surface area contributed by atoms with Gasteiger partial charge in [-0.1, -0.05) is 12.2 Å². The quantitative estimate of drug-likeness (QED) is 0.751. The van der Waals surface area contributed by atoms with E-state index in [0.717, 1.165) is 12.0 Å². The fourth-order valence-electron chi connectivity index (χ4n) is 2.60. The third kappa shape index (κ3) is 3.16. The van der Waals surface area contributed by atoms with E-state index in [1.54, 1.807) is 17.9 Å². The number of allylic oxidation sites excluding steroid dienone is 1. The van der Waals surface area contributed by atoms with E-state index >= 15 is 0 Å². The Bertz CT molecular complexity index is 402. The molecule has 5 nitrogen and oxygen atoms in total. The van der Waals surface area contributed by atoms with Crippen LogP contribution in [-0.2, 0) is 4.74 Å². The van der Waals surface area contributed by atoms with Crippen LogP contribution >= 0.6 is 0 Å². The van der Waals surface area contributed by atoms with Gasteiger partial charge in [-0.15, -0.1) is 0 Å². The number of amides is 1. The van der Waals surface area contributed by atoms with Crippen molar-refractivity contribution in [2.45, 2.75) is 51.0 Å². The minimum Gasteiger partial charge on any atom is -0.439 e. The lowest BCUT2D eigenvalue weighted by Gasteiger charge is -2.30. The highest BCUT2D eigenvalue weighted by Gasteiger charge is 2.43. The number of aliphatic hydroxyl groups is 2. The summed E-state index contributed by atoms with van der Waals surface area (Å²) in [6.45, 7) is 3.94. The van der Waals surface area contributed by atoms with Crippen LogP contribution in [0.3, 0.4) is 0 Å². The van der Waals surface area contributed by atoms with Crippen LogP contribution in [0, 0.1) is 0 Å². The zero-order chi connectivity index (χ0) is 14.0. The summed E-state index contributed by atoms with van der Waals surface area (Å²) in [5.74, 6) is 0. The summed E-state index contributed by atoms with van der Waals surface area (Å²) in [6.07, 6.45) is 5.43. The summed E-state index contributed by atoms with van der Waals surface area (Å²) in [6, 6.07) is -0.112. The van der Waals surface area contributed by atoms with E-state index in [9.17, 15) is 15.0 Å². The molecule has 5 heteroatoms. The van der Waals surface area contributed by atoms with Crippen molar-refractivity contribution in [3.8, 4) is 0 Å². The topological polar surface area (TPSA) is 70.0 Å². The molecule has 2 aliphatic heterocycles. The minimum atomic E-state index is -0.609. The molecular weight excluding hydrogens is 246 g/mol. The fourth-order valence-corrected chi connectivity index (χ4v) is 2.60. The maximum atomic E-state index is 11.7. The highest BCUT2D eigenvalue weighted by atomic mass is 16.6. The zero-order valence-corrected chi connectivity index (χ0v) is 11.3. The van der Waals surface area contributed by atoms with Crippen molar-refractivity contribution in [2.75, 3.05) is 6.54 Å². The Labute approximate surface area is 113 Å². The van der Waals surface area contributed by atoms with E-state index in [1.807, 2.05) is 19.1 Å². The minimum absolute atomic E-state index is 0.112. The van der Waals surface area contributed by atoms with Gasteiger partial charge in [0.2, 0.25) is 0 Å². The lowest BCUT2D eigenvalue weighted by atomic mass is 9.96. The van der Waals surface area contributed by atoms with Crippen LogP contribution in [0.1, 0.15) is 26.7 Å². The molecule has 0 bridgehead atoms. The van der Waals surface area contributed by atoms with Gasteiger partial charge in [0.15, 0.2) is 0 Å².